The van der Waals surface area contributed by atoms with Crippen molar-refractivity contribution in [2.24, 2.45) is 0 Å². The van der Waals surface area contributed by atoms with Gasteiger partial charge in [-0.05, 0) is 29.8 Å². The number of pyridine rings is 2. The van der Waals surface area contributed by atoms with Crippen LogP contribution < -0.4 is 5.32 Å². The van der Waals surface area contributed by atoms with Crippen molar-refractivity contribution < 1.29 is 9.90 Å². The maximum absolute atomic E-state index is 11.1. The van der Waals surface area contributed by atoms with Gasteiger partial charge in [-0.3, -0.25) is 9.97 Å². The van der Waals surface area contributed by atoms with E-state index in [1.807, 2.05) is 24.3 Å². The Bertz CT molecular complexity index is 1400. The lowest BCUT2D eigenvalue weighted by Gasteiger charge is -2.07. The molecule has 0 unspecified atom stereocenters. The van der Waals surface area contributed by atoms with Gasteiger partial charge in [0.1, 0.15) is 0 Å². The number of carboxylic acid groups (broad SMARTS) is 1. The van der Waals surface area contributed by atoms with Gasteiger partial charge in [0.05, 0.1) is 35.7 Å². The quantitative estimate of drug-likeness (QED) is 0.458. The summed E-state index contributed by atoms with van der Waals surface area (Å²) in [6, 6.07) is 11.4. The molecule has 1 aromatic carbocycles. The third-order valence-electron chi connectivity index (χ3n) is 4.48. The number of aromatic nitrogens is 7. The molecule has 0 aliphatic rings. The van der Waals surface area contributed by atoms with Crippen molar-refractivity contribution in [3.8, 4) is 0 Å². The molecule has 0 aliphatic heterocycles. The fourth-order valence-corrected chi connectivity index (χ4v) is 3.09. The van der Waals surface area contributed by atoms with E-state index in [1.54, 1.807) is 10.9 Å². The first-order valence-corrected chi connectivity index (χ1v) is 9.01. The highest BCUT2D eigenvalue weighted by atomic mass is 16.4. The molecule has 30 heavy (non-hydrogen) atoms. The Labute approximate surface area is 169 Å². The van der Waals surface area contributed by atoms with Crippen molar-refractivity contribution in [3.05, 3.63) is 72.3 Å². The highest BCUT2D eigenvalue weighted by Crippen LogP contribution is 2.18. The van der Waals surface area contributed by atoms with Crippen molar-refractivity contribution in [1.82, 2.24) is 34.9 Å². The predicted molar refractivity (Wildman–Crippen MR) is 108 cm³/mol. The van der Waals surface area contributed by atoms with E-state index in [4.69, 9.17) is 5.11 Å². The highest BCUT2D eigenvalue weighted by Gasteiger charge is 2.11. The largest absolute Gasteiger partial charge is 0.478 e. The SMILES string of the molecule is O=C(O)c1cncc(Nc2cnc3nnn(Cc4ccc5ncccc5c4)c3n2)c1. The van der Waals surface area contributed by atoms with Gasteiger partial charge in [0, 0.05) is 17.8 Å². The number of aromatic carboxylic acids is 1. The second-order valence-corrected chi connectivity index (χ2v) is 6.57. The van der Waals surface area contributed by atoms with E-state index in [0.717, 1.165) is 16.5 Å². The van der Waals surface area contributed by atoms with Gasteiger partial charge in [-0.2, -0.15) is 0 Å². The summed E-state index contributed by atoms with van der Waals surface area (Å²) in [5.74, 6) is -0.626. The van der Waals surface area contributed by atoms with Gasteiger partial charge in [-0.1, -0.05) is 17.3 Å². The van der Waals surface area contributed by atoms with Crippen LogP contribution in [0.15, 0.2) is 61.2 Å². The predicted octanol–water partition coefficient (Wildman–Crippen LogP) is 2.65. The zero-order chi connectivity index (χ0) is 20.5. The first kappa shape index (κ1) is 17.6. The minimum Gasteiger partial charge on any atom is -0.478 e. The van der Waals surface area contributed by atoms with Crippen molar-refractivity contribution in [1.29, 1.82) is 0 Å². The number of hydrogen-bond acceptors (Lipinski definition) is 8. The zero-order valence-electron chi connectivity index (χ0n) is 15.5. The van der Waals surface area contributed by atoms with Crippen LogP contribution in [0.2, 0.25) is 0 Å². The number of rotatable bonds is 5. The third-order valence-corrected chi connectivity index (χ3v) is 4.48. The van der Waals surface area contributed by atoms with Crippen molar-refractivity contribution in [2.75, 3.05) is 5.32 Å². The molecule has 0 bridgehead atoms. The maximum Gasteiger partial charge on any atom is 0.337 e. The molecule has 2 N–H and O–H groups in total. The van der Waals surface area contributed by atoms with E-state index in [9.17, 15) is 4.79 Å². The maximum atomic E-state index is 11.1. The lowest BCUT2D eigenvalue weighted by atomic mass is 10.1. The molecular formula is C20H14N8O2. The average Bonchev–Trinajstić information content (AvgIpc) is 3.16. The summed E-state index contributed by atoms with van der Waals surface area (Å²) >= 11 is 0. The Morgan fingerprint density at radius 3 is 2.93 bits per heavy atom. The molecule has 5 rings (SSSR count). The number of carboxylic acids is 1. The van der Waals surface area contributed by atoms with Crippen LogP contribution in [0.25, 0.3) is 22.2 Å². The van der Waals surface area contributed by atoms with Gasteiger partial charge in [0.2, 0.25) is 5.65 Å². The first-order chi connectivity index (χ1) is 14.7. The molecular weight excluding hydrogens is 384 g/mol. The van der Waals surface area contributed by atoms with Gasteiger partial charge in [-0.25, -0.2) is 19.4 Å². The van der Waals surface area contributed by atoms with Crippen LogP contribution >= 0.6 is 0 Å². The number of benzene rings is 1. The molecule has 0 saturated heterocycles. The topological polar surface area (TPSA) is 132 Å². The third kappa shape index (κ3) is 3.37. The van der Waals surface area contributed by atoms with Crippen LogP contribution in [0.5, 0.6) is 0 Å². The van der Waals surface area contributed by atoms with Crippen LogP contribution in [0.3, 0.4) is 0 Å². The molecule has 5 aromatic rings. The highest BCUT2D eigenvalue weighted by molar-refractivity contribution is 5.88. The molecule has 0 atom stereocenters. The fraction of sp³-hybridized carbons (Fsp3) is 0.0500. The average molecular weight is 398 g/mol. The second kappa shape index (κ2) is 7.17. The Kier molecular flexibility index (Phi) is 4.21. The van der Waals surface area contributed by atoms with E-state index in [-0.39, 0.29) is 5.56 Å². The van der Waals surface area contributed by atoms with Crippen molar-refractivity contribution >= 4 is 39.7 Å². The molecule has 0 fully saturated rings. The van der Waals surface area contributed by atoms with Crippen LogP contribution in [-0.4, -0.2) is 46.0 Å². The van der Waals surface area contributed by atoms with Gasteiger partial charge < -0.3 is 10.4 Å². The minimum atomic E-state index is -1.06. The summed E-state index contributed by atoms with van der Waals surface area (Å²) in [4.78, 5) is 28.2. The summed E-state index contributed by atoms with van der Waals surface area (Å²) in [6.07, 6.45) is 6.06. The number of carbonyl (C=O) groups is 1. The number of nitrogens with zero attached hydrogens (tertiary/aromatic N) is 7. The first-order valence-electron chi connectivity index (χ1n) is 9.01. The summed E-state index contributed by atoms with van der Waals surface area (Å²) in [7, 11) is 0. The normalized spacial score (nSPS) is 11.1. The van der Waals surface area contributed by atoms with Crippen LogP contribution in [0.4, 0.5) is 11.5 Å². The van der Waals surface area contributed by atoms with E-state index in [0.29, 0.717) is 29.3 Å². The molecule has 10 heteroatoms. The summed E-state index contributed by atoms with van der Waals surface area (Å²) in [5.41, 5.74) is 3.44. The van der Waals surface area contributed by atoms with Crippen LogP contribution in [0, 0.1) is 0 Å². The Morgan fingerprint density at radius 2 is 2.03 bits per heavy atom. The molecule has 4 aromatic heterocycles. The number of anilines is 2. The summed E-state index contributed by atoms with van der Waals surface area (Å²) in [6.45, 7) is 0.468. The van der Waals surface area contributed by atoms with Gasteiger partial charge in [0.15, 0.2) is 11.5 Å². The fourth-order valence-electron chi connectivity index (χ4n) is 3.09. The minimum absolute atomic E-state index is 0.0755. The number of nitrogens with one attached hydrogen (secondary N) is 1. The summed E-state index contributed by atoms with van der Waals surface area (Å²) in [5, 5.41) is 21.4. The Hall–Kier alpha value is -4.47. The van der Waals surface area contributed by atoms with Crippen LogP contribution in [-0.2, 0) is 6.54 Å². The number of fused-ring (bicyclic) bond motifs is 2. The molecule has 4 heterocycles. The molecule has 0 spiro atoms. The number of hydrogen-bond donors (Lipinski definition) is 2. The molecule has 10 nitrogen and oxygen atoms in total. The summed E-state index contributed by atoms with van der Waals surface area (Å²) < 4.78 is 1.66. The molecule has 0 saturated carbocycles. The van der Waals surface area contributed by atoms with E-state index < -0.39 is 5.97 Å². The van der Waals surface area contributed by atoms with Crippen LogP contribution in [0.1, 0.15) is 15.9 Å². The monoisotopic (exact) mass is 398 g/mol. The van der Waals surface area contributed by atoms with E-state index >= 15 is 0 Å². The van der Waals surface area contributed by atoms with Gasteiger partial charge >= 0.3 is 5.97 Å². The second-order valence-electron chi connectivity index (χ2n) is 6.57. The van der Waals surface area contributed by atoms with Crippen molar-refractivity contribution in [2.45, 2.75) is 6.54 Å². The zero-order valence-corrected chi connectivity index (χ0v) is 15.5. The van der Waals surface area contributed by atoms with E-state index in [2.05, 4.69) is 41.6 Å². The molecule has 146 valence electrons. The molecule has 0 aliphatic carbocycles. The van der Waals surface area contributed by atoms with Crippen molar-refractivity contribution in [3.63, 3.8) is 0 Å². The molecule has 0 amide bonds. The standard InChI is InChI=1S/C20H14N8O2/c29-20(30)14-7-15(9-21-8-14)24-17-10-23-18-19(25-17)28(27-26-18)11-12-3-4-16-13(6-12)2-1-5-22-16/h1-10H,11H2,(H,24,25)(H,29,30). The van der Waals surface area contributed by atoms with Gasteiger partial charge in [-0.15, -0.1) is 5.10 Å². The van der Waals surface area contributed by atoms with E-state index in [1.165, 1.54) is 24.7 Å². The Balaban J connectivity index is 1.45. The Morgan fingerprint density at radius 1 is 1.10 bits per heavy atom. The lowest BCUT2D eigenvalue weighted by Crippen LogP contribution is -2.05. The molecule has 0 radical (unpaired) electrons. The lowest BCUT2D eigenvalue weighted by molar-refractivity contribution is 0.0696. The smallest absolute Gasteiger partial charge is 0.337 e. The van der Waals surface area contributed by atoms with Gasteiger partial charge in [0.25, 0.3) is 0 Å².